The van der Waals surface area contributed by atoms with E-state index in [9.17, 15) is 19.5 Å². The molecule has 4 aliphatic heterocycles. The third-order valence-electron chi connectivity index (χ3n) is 8.17. The minimum atomic E-state index is -0.984. The van der Waals surface area contributed by atoms with Crippen molar-refractivity contribution < 1.29 is 24.2 Å². The van der Waals surface area contributed by atoms with Crippen molar-refractivity contribution in [2.24, 2.45) is 17.8 Å². The van der Waals surface area contributed by atoms with Crippen LogP contribution in [0.5, 0.6) is 0 Å². The van der Waals surface area contributed by atoms with E-state index in [0.717, 1.165) is 12.8 Å². The number of aliphatic hydroxyl groups excluding tert-OH is 1. The Morgan fingerprint density at radius 3 is 2.53 bits per heavy atom. The Hall–Kier alpha value is -2.29. The SMILES string of the molecule is CC(C)C[C@H](CO)N1C(=O)[C@@H]2[C@H]3C(=O)OCCC/C=C\[C@@]3(C)S[C@@]23C=CCN(c2ccc(Cl)cc2)C(=O)C13. The molecule has 7 nitrogen and oxygen atoms in total. The highest BCUT2D eigenvalue weighted by atomic mass is 35.5. The Balaban J connectivity index is 1.67. The van der Waals surface area contributed by atoms with Crippen molar-refractivity contribution in [1.82, 2.24) is 4.90 Å². The minimum Gasteiger partial charge on any atom is -0.465 e. The highest BCUT2D eigenvalue weighted by Crippen LogP contribution is 2.65. The number of thioether (sulfide) groups is 1. The van der Waals surface area contributed by atoms with Crippen molar-refractivity contribution in [3.8, 4) is 0 Å². The van der Waals surface area contributed by atoms with Gasteiger partial charge in [-0.3, -0.25) is 14.4 Å². The van der Waals surface area contributed by atoms with Crippen molar-refractivity contribution in [2.45, 2.75) is 61.6 Å². The summed E-state index contributed by atoms with van der Waals surface area (Å²) in [6.07, 6.45) is 10.1. The molecular formula is C29H35ClN2O5S. The number of hydrogen-bond donors (Lipinski definition) is 1. The first-order valence-corrected chi connectivity index (χ1v) is 14.5. The van der Waals surface area contributed by atoms with E-state index in [1.165, 1.54) is 11.8 Å². The van der Waals surface area contributed by atoms with Gasteiger partial charge >= 0.3 is 5.97 Å². The molecule has 1 aromatic rings. The molecule has 1 N–H and O–H groups in total. The highest BCUT2D eigenvalue weighted by Gasteiger charge is 2.74. The number of nitrogens with zero attached hydrogens (tertiary/aromatic N) is 2. The van der Waals surface area contributed by atoms with Crippen LogP contribution < -0.4 is 4.90 Å². The largest absolute Gasteiger partial charge is 0.465 e. The molecule has 1 spiro atoms. The number of halogens is 1. The second-order valence-corrected chi connectivity index (χ2v) is 13.5. The van der Waals surface area contributed by atoms with Gasteiger partial charge in [-0.25, -0.2) is 0 Å². The number of rotatable bonds is 5. The van der Waals surface area contributed by atoms with Crippen molar-refractivity contribution >= 4 is 46.8 Å². The van der Waals surface area contributed by atoms with Crippen LogP contribution in [0.2, 0.25) is 5.02 Å². The molecule has 0 radical (unpaired) electrons. The quantitative estimate of drug-likeness (QED) is 0.430. The second-order valence-electron chi connectivity index (χ2n) is 11.2. The Bertz CT molecular complexity index is 1170. The number of allylic oxidation sites excluding steroid dienone is 1. The fourth-order valence-corrected chi connectivity index (χ4v) is 8.91. The van der Waals surface area contributed by atoms with E-state index in [0.29, 0.717) is 30.3 Å². The van der Waals surface area contributed by atoms with E-state index in [1.54, 1.807) is 34.1 Å². The van der Waals surface area contributed by atoms with Crippen LogP contribution in [-0.2, 0) is 19.1 Å². The van der Waals surface area contributed by atoms with Crippen LogP contribution in [0.15, 0.2) is 48.6 Å². The van der Waals surface area contributed by atoms with Crippen molar-refractivity contribution in [3.63, 3.8) is 0 Å². The Kier molecular flexibility index (Phi) is 7.44. The van der Waals surface area contributed by atoms with Gasteiger partial charge in [-0.2, -0.15) is 0 Å². The van der Waals surface area contributed by atoms with Crippen molar-refractivity contribution in [2.75, 3.05) is 24.7 Å². The molecule has 38 heavy (non-hydrogen) atoms. The molecule has 4 heterocycles. The predicted octanol–water partition coefficient (Wildman–Crippen LogP) is 4.23. The summed E-state index contributed by atoms with van der Waals surface area (Å²) in [5, 5.41) is 11.0. The van der Waals surface area contributed by atoms with Gasteiger partial charge in [0.25, 0.3) is 5.91 Å². The predicted molar refractivity (Wildman–Crippen MR) is 149 cm³/mol. The molecule has 2 saturated heterocycles. The first-order valence-electron chi connectivity index (χ1n) is 13.3. The molecule has 0 saturated carbocycles. The van der Waals surface area contributed by atoms with Crippen LogP contribution in [0.3, 0.4) is 0 Å². The first kappa shape index (κ1) is 27.3. The third kappa shape index (κ3) is 4.38. The topological polar surface area (TPSA) is 87.2 Å². The van der Waals surface area contributed by atoms with Crippen LogP contribution in [0.4, 0.5) is 5.69 Å². The molecule has 0 aliphatic carbocycles. The molecule has 0 aromatic heterocycles. The zero-order valence-corrected chi connectivity index (χ0v) is 23.6. The van der Waals surface area contributed by atoms with E-state index in [2.05, 4.69) is 6.08 Å². The molecule has 6 atom stereocenters. The van der Waals surface area contributed by atoms with Crippen LogP contribution in [0, 0.1) is 17.8 Å². The standard InChI is InChI=1S/C29H35ClN2O5S/c1-18(2)16-21(17-33)32-24-26(35)31(20-10-8-19(30)9-11-20)14-7-13-29(24)22(25(32)34)23-27(36)37-15-6-4-5-12-28(23,3)38-29/h5,7-13,18,21-24,33H,4,6,14-17H2,1-3H3/b12-5-/t21-,22+,23+,24?,28-,29+/m1/s1. The van der Waals surface area contributed by atoms with Crippen LogP contribution in [-0.4, -0.2) is 69.1 Å². The molecule has 1 aromatic carbocycles. The monoisotopic (exact) mass is 558 g/mol. The van der Waals surface area contributed by atoms with Gasteiger partial charge in [0.15, 0.2) is 0 Å². The summed E-state index contributed by atoms with van der Waals surface area (Å²) in [7, 11) is 0. The van der Waals surface area contributed by atoms with Crippen LogP contribution in [0.25, 0.3) is 0 Å². The van der Waals surface area contributed by atoms with Gasteiger partial charge in [-0.1, -0.05) is 49.8 Å². The number of amides is 2. The number of anilines is 1. The maximum Gasteiger partial charge on any atom is 0.311 e. The minimum absolute atomic E-state index is 0.191. The van der Waals surface area contributed by atoms with E-state index < -0.39 is 39.4 Å². The average molecular weight is 559 g/mol. The summed E-state index contributed by atoms with van der Waals surface area (Å²) >= 11 is 7.64. The number of cyclic esters (lactones) is 1. The van der Waals surface area contributed by atoms with Gasteiger partial charge in [0.05, 0.1) is 35.8 Å². The first-order chi connectivity index (χ1) is 18.1. The van der Waals surface area contributed by atoms with E-state index in [1.807, 2.05) is 39.0 Å². The molecular weight excluding hydrogens is 524 g/mol. The average Bonchev–Trinajstić information content (AvgIpc) is 3.22. The fraction of sp³-hybridized carbons (Fsp3) is 0.552. The maximum absolute atomic E-state index is 14.5. The number of carbonyl (C=O) groups is 3. The van der Waals surface area contributed by atoms with Gasteiger partial charge < -0.3 is 19.6 Å². The smallest absolute Gasteiger partial charge is 0.311 e. The van der Waals surface area contributed by atoms with Gasteiger partial charge in [0.1, 0.15) is 6.04 Å². The number of ether oxygens (including phenoxy) is 1. The molecule has 4 aliphatic rings. The van der Waals surface area contributed by atoms with Crippen molar-refractivity contribution in [1.29, 1.82) is 0 Å². The molecule has 204 valence electrons. The van der Waals surface area contributed by atoms with Crippen LogP contribution >= 0.6 is 23.4 Å². The Labute approximate surface area is 233 Å². The van der Waals surface area contributed by atoms with Gasteiger partial charge in [0.2, 0.25) is 5.91 Å². The lowest BCUT2D eigenvalue weighted by molar-refractivity contribution is -0.154. The van der Waals surface area contributed by atoms with Gasteiger partial charge in [-0.05, 0) is 56.4 Å². The lowest BCUT2D eigenvalue weighted by Crippen LogP contribution is -2.57. The maximum atomic E-state index is 14.5. The number of esters is 1. The molecule has 2 amide bonds. The number of hydrogen-bond acceptors (Lipinski definition) is 6. The highest BCUT2D eigenvalue weighted by molar-refractivity contribution is 8.02. The fourth-order valence-electron chi connectivity index (χ4n) is 6.64. The Morgan fingerprint density at radius 2 is 1.84 bits per heavy atom. The second kappa shape index (κ2) is 10.4. The molecule has 0 bridgehead atoms. The van der Waals surface area contributed by atoms with E-state index >= 15 is 0 Å². The van der Waals surface area contributed by atoms with Crippen LogP contribution in [0.1, 0.15) is 40.0 Å². The Morgan fingerprint density at radius 1 is 1.11 bits per heavy atom. The summed E-state index contributed by atoms with van der Waals surface area (Å²) in [5.74, 6) is -2.24. The number of fused-ring (bicyclic) bond motifs is 2. The van der Waals surface area contributed by atoms with Crippen molar-refractivity contribution in [3.05, 3.63) is 53.6 Å². The summed E-state index contributed by atoms with van der Waals surface area (Å²) in [5.41, 5.74) is 0.678. The summed E-state index contributed by atoms with van der Waals surface area (Å²) in [4.78, 5) is 45.8. The summed E-state index contributed by atoms with van der Waals surface area (Å²) in [6, 6.07) is 5.63. The molecule has 1 unspecified atom stereocenters. The lowest BCUT2D eigenvalue weighted by atomic mass is 9.74. The molecule has 2 fully saturated rings. The lowest BCUT2D eigenvalue weighted by Gasteiger charge is -2.40. The van der Waals surface area contributed by atoms with E-state index in [-0.39, 0.29) is 24.3 Å². The molecule has 9 heteroatoms. The number of carbonyl (C=O) groups excluding carboxylic acids is 3. The van der Waals surface area contributed by atoms with Gasteiger partial charge in [-0.15, -0.1) is 11.8 Å². The summed E-state index contributed by atoms with van der Waals surface area (Å²) < 4.78 is 3.97. The number of aliphatic hydroxyl groups is 1. The molecule has 5 rings (SSSR count). The number of benzene rings is 1. The number of likely N-dealkylation sites (tertiary alicyclic amines) is 1. The van der Waals surface area contributed by atoms with Gasteiger partial charge in [0, 0.05) is 22.0 Å². The zero-order valence-electron chi connectivity index (χ0n) is 22.0. The normalized spacial score (nSPS) is 34.6. The third-order valence-corrected chi connectivity index (χ3v) is 10.2. The van der Waals surface area contributed by atoms with E-state index in [4.69, 9.17) is 16.3 Å². The summed E-state index contributed by atoms with van der Waals surface area (Å²) in [6.45, 7) is 6.39. The zero-order chi connectivity index (χ0) is 27.2.